The molecule has 0 atom stereocenters. The smallest absolute Gasteiger partial charge is 0.480 e. The minimum absolute atomic E-state index is 0.495. The molecular weight excluding hydrogens is 169 g/mol. The zero-order valence-corrected chi connectivity index (χ0v) is 7.21. The largest absolute Gasteiger partial charge is 0.481 e. The van der Waals surface area contributed by atoms with Gasteiger partial charge in [-0.3, -0.25) is 0 Å². The van der Waals surface area contributed by atoms with Crippen molar-refractivity contribution in [3.63, 3.8) is 0 Å². The molecule has 0 saturated heterocycles. The molecule has 0 unspecified atom stereocenters. The second-order valence-electron chi connectivity index (χ2n) is 2.38. The maximum Gasteiger partial charge on any atom is 0.480 e. The van der Waals surface area contributed by atoms with E-state index in [1.54, 1.807) is 18.2 Å². The standard InChI is InChI=1S/C8H10BNO3/c1-13-8-4-2-3-7(10-8)5-6-9(11)12/h2-6,11-12H,1H3/b6-5+. The van der Waals surface area contributed by atoms with E-state index in [1.807, 2.05) is 0 Å². The summed E-state index contributed by atoms with van der Waals surface area (Å²) in [6, 6.07) is 5.23. The van der Waals surface area contributed by atoms with Crippen molar-refractivity contribution in [3.8, 4) is 5.88 Å². The topological polar surface area (TPSA) is 62.6 Å². The maximum atomic E-state index is 8.55. The van der Waals surface area contributed by atoms with Gasteiger partial charge in [0.15, 0.2) is 0 Å². The fourth-order valence-electron chi connectivity index (χ4n) is 0.822. The van der Waals surface area contributed by atoms with Gasteiger partial charge in [0.05, 0.1) is 12.8 Å². The lowest BCUT2D eigenvalue weighted by Gasteiger charge is -1.98. The van der Waals surface area contributed by atoms with Crippen LogP contribution in [0.5, 0.6) is 5.88 Å². The average Bonchev–Trinajstić information content (AvgIpc) is 2.15. The number of ether oxygens (including phenoxy) is 1. The minimum Gasteiger partial charge on any atom is -0.481 e. The van der Waals surface area contributed by atoms with Gasteiger partial charge in [-0.05, 0) is 12.1 Å². The number of hydrogen-bond donors (Lipinski definition) is 2. The van der Waals surface area contributed by atoms with Crippen LogP contribution in [0.1, 0.15) is 5.69 Å². The molecule has 1 aromatic rings. The quantitative estimate of drug-likeness (QED) is 0.646. The Balaban J connectivity index is 2.77. The van der Waals surface area contributed by atoms with E-state index in [4.69, 9.17) is 14.8 Å². The van der Waals surface area contributed by atoms with E-state index < -0.39 is 7.12 Å². The highest BCUT2D eigenvalue weighted by molar-refractivity contribution is 6.48. The molecule has 0 fully saturated rings. The second kappa shape index (κ2) is 4.64. The van der Waals surface area contributed by atoms with Crippen LogP contribution in [0.2, 0.25) is 0 Å². The first-order valence-corrected chi connectivity index (χ1v) is 3.78. The van der Waals surface area contributed by atoms with Crippen LogP contribution in [0.15, 0.2) is 24.2 Å². The maximum absolute atomic E-state index is 8.55. The molecular formula is C8H10BNO3. The Hall–Kier alpha value is -1.33. The molecule has 0 aliphatic heterocycles. The summed E-state index contributed by atoms with van der Waals surface area (Å²) in [5.74, 6) is 1.72. The highest BCUT2D eigenvalue weighted by Gasteiger charge is 1.99. The highest BCUT2D eigenvalue weighted by atomic mass is 16.5. The van der Waals surface area contributed by atoms with Crippen LogP contribution in [0, 0.1) is 0 Å². The van der Waals surface area contributed by atoms with Gasteiger partial charge < -0.3 is 14.8 Å². The molecule has 1 aromatic heterocycles. The first-order valence-electron chi connectivity index (χ1n) is 3.78. The van der Waals surface area contributed by atoms with Gasteiger partial charge in [-0.1, -0.05) is 12.0 Å². The SMILES string of the molecule is COc1cccc(/C=C/B(O)O)n1. The van der Waals surface area contributed by atoms with Crippen LogP contribution in [0.25, 0.3) is 6.08 Å². The fraction of sp³-hybridized carbons (Fsp3) is 0.125. The third-order valence-corrected chi connectivity index (χ3v) is 1.39. The van der Waals surface area contributed by atoms with E-state index in [1.165, 1.54) is 19.2 Å². The lowest BCUT2D eigenvalue weighted by atomic mass is 9.91. The molecule has 0 aliphatic rings. The van der Waals surface area contributed by atoms with E-state index in [9.17, 15) is 0 Å². The first-order chi connectivity index (χ1) is 6.22. The van der Waals surface area contributed by atoms with Crippen LogP contribution < -0.4 is 4.74 Å². The summed E-state index contributed by atoms with van der Waals surface area (Å²) in [5.41, 5.74) is 0.618. The molecule has 5 heteroatoms. The Labute approximate surface area is 76.7 Å². The van der Waals surface area contributed by atoms with Crippen molar-refractivity contribution in [2.24, 2.45) is 0 Å². The predicted octanol–water partition coefficient (Wildman–Crippen LogP) is 0.115. The summed E-state index contributed by atoms with van der Waals surface area (Å²) in [4.78, 5) is 4.03. The molecule has 0 spiro atoms. The first kappa shape index (κ1) is 9.76. The van der Waals surface area contributed by atoms with Crippen molar-refractivity contribution in [2.75, 3.05) is 7.11 Å². The monoisotopic (exact) mass is 179 g/mol. The Bertz CT molecular complexity index is 301. The predicted molar refractivity (Wildman–Crippen MR) is 50.0 cm³/mol. The van der Waals surface area contributed by atoms with E-state index >= 15 is 0 Å². The van der Waals surface area contributed by atoms with Crippen molar-refractivity contribution in [3.05, 3.63) is 29.9 Å². The van der Waals surface area contributed by atoms with Crippen LogP contribution >= 0.6 is 0 Å². The average molecular weight is 179 g/mol. The summed E-state index contributed by atoms with van der Waals surface area (Å²) < 4.78 is 4.89. The number of hydrogen-bond acceptors (Lipinski definition) is 4. The lowest BCUT2D eigenvalue weighted by molar-refractivity contribution is 0.397. The Kier molecular flexibility index (Phi) is 3.48. The Morgan fingerprint density at radius 1 is 1.46 bits per heavy atom. The van der Waals surface area contributed by atoms with E-state index in [0.29, 0.717) is 11.6 Å². The minimum atomic E-state index is -1.45. The lowest BCUT2D eigenvalue weighted by Crippen LogP contribution is -2.05. The third-order valence-electron chi connectivity index (χ3n) is 1.39. The number of pyridine rings is 1. The van der Waals surface area contributed by atoms with Gasteiger partial charge in [0.1, 0.15) is 0 Å². The van der Waals surface area contributed by atoms with Gasteiger partial charge in [0.25, 0.3) is 0 Å². The molecule has 0 radical (unpaired) electrons. The van der Waals surface area contributed by atoms with Crippen molar-refractivity contribution in [1.82, 2.24) is 4.98 Å². The van der Waals surface area contributed by atoms with Gasteiger partial charge in [-0.2, -0.15) is 0 Å². The Morgan fingerprint density at radius 2 is 2.23 bits per heavy atom. The molecule has 1 rings (SSSR count). The van der Waals surface area contributed by atoms with Crippen LogP contribution in [-0.4, -0.2) is 29.3 Å². The molecule has 68 valence electrons. The molecule has 13 heavy (non-hydrogen) atoms. The van der Waals surface area contributed by atoms with Gasteiger partial charge in [-0.15, -0.1) is 0 Å². The molecule has 2 N–H and O–H groups in total. The van der Waals surface area contributed by atoms with Crippen LogP contribution in [0.4, 0.5) is 0 Å². The van der Waals surface area contributed by atoms with Crippen molar-refractivity contribution in [1.29, 1.82) is 0 Å². The molecule has 0 bridgehead atoms. The van der Waals surface area contributed by atoms with Gasteiger partial charge in [0.2, 0.25) is 5.88 Å². The number of nitrogens with zero attached hydrogens (tertiary/aromatic N) is 1. The third kappa shape index (κ3) is 3.27. The van der Waals surface area contributed by atoms with Crippen molar-refractivity contribution < 1.29 is 14.8 Å². The fourth-order valence-corrected chi connectivity index (χ4v) is 0.822. The Morgan fingerprint density at radius 3 is 2.85 bits per heavy atom. The molecule has 4 nitrogen and oxygen atoms in total. The number of methoxy groups -OCH3 is 1. The van der Waals surface area contributed by atoms with E-state index in [0.717, 1.165) is 0 Å². The summed E-state index contributed by atoms with van der Waals surface area (Å²) in [6.07, 6.45) is 1.51. The molecule has 1 heterocycles. The summed E-state index contributed by atoms with van der Waals surface area (Å²) in [5, 5.41) is 17.1. The molecule has 0 amide bonds. The number of rotatable bonds is 3. The van der Waals surface area contributed by atoms with Crippen LogP contribution in [-0.2, 0) is 0 Å². The molecule has 0 aliphatic carbocycles. The molecule has 0 aromatic carbocycles. The van der Waals surface area contributed by atoms with Gasteiger partial charge >= 0.3 is 7.12 Å². The van der Waals surface area contributed by atoms with Gasteiger partial charge in [-0.25, -0.2) is 4.98 Å². The van der Waals surface area contributed by atoms with Crippen molar-refractivity contribution in [2.45, 2.75) is 0 Å². The van der Waals surface area contributed by atoms with Crippen LogP contribution in [0.3, 0.4) is 0 Å². The normalized spacial score (nSPS) is 10.4. The highest BCUT2D eigenvalue weighted by Crippen LogP contribution is 2.07. The zero-order valence-electron chi connectivity index (χ0n) is 7.21. The summed E-state index contributed by atoms with van der Waals surface area (Å²) >= 11 is 0. The van der Waals surface area contributed by atoms with Gasteiger partial charge in [0, 0.05) is 6.07 Å². The summed E-state index contributed by atoms with van der Waals surface area (Å²) in [6.45, 7) is 0. The number of aromatic nitrogens is 1. The zero-order chi connectivity index (χ0) is 9.68. The van der Waals surface area contributed by atoms with E-state index in [-0.39, 0.29) is 0 Å². The van der Waals surface area contributed by atoms with E-state index in [2.05, 4.69) is 4.98 Å². The summed E-state index contributed by atoms with van der Waals surface area (Å²) in [7, 11) is 0.0736. The van der Waals surface area contributed by atoms with Crippen molar-refractivity contribution >= 4 is 13.2 Å². The second-order valence-corrected chi connectivity index (χ2v) is 2.38. The molecule has 0 saturated carbocycles.